The van der Waals surface area contributed by atoms with E-state index in [9.17, 15) is 8.42 Å². The van der Waals surface area contributed by atoms with Gasteiger partial charge in [-0.25, -0.2) is 8.42 Å². The molecule has 90 valence electrons. The van der Waals surface area contributed by atoms with Gasteiger partial charge in [-0.1, -0.05) is 12.1 Å². The van der Waals surface area contributed by atoms with Crippen LogP contribution >= 0.6 is 0 Å². The first-order valence-corrected chi connectivity index (χ1v) is 6.86. The summed E-state index contributed by atoms with van der Waals surface area (Å²) >= 11 is 0. The highest BCUT2D eigenvalue weighted by molar-refractivity contribution is 7.89. The average molecular weight is 251 g/mol. The van der Waals surface area contributed by atoms with Gasteiger partial charge in [-0.2, -0.15) is 9.57 Å². The van der Waals surface area contributed by atoms with Crippen LogP contribution in [0.4, 0.5) is 5.69 Å². The van der Waals surface area contributed by atoms with Gasteiger partial charge >= 0.3 is 0 Å². The molecule has 1 heterocycles. The number of nitriles is 1. The van der Waals surface area contributed by atoms with Gasteiger partial charge in [0, 0.05) is 18.8 Å². The molecule has 0 bridgehead atoms. The zero-order valence-electron chi connectivity index (χ0n) is 9.26. The van der Waals surface area contributed by atoms with Gasteiger partial charge in [-0.05, 0) is 23.6 Å². The number of nitrogens with two attached hydrogens (primary N) is 1. The van der Waals surface area contributed by atoms with Crippen LogP contribution in [-0.4, -0.2) is 25.0 Å². The van der Waals surface area contributed by atoms with Gasteiger partial charge in [0.05, 0.1) is 6.07 Å². The first kappa shape index (κ1) is 11.9. The Morgan fingerprint density at radius 3 is 2.94 bits per heavy atom. The summed E-state index contributed by atoms with van der Waals surface area (Å²) in [6, 6.07) is 7.19. The second-order valence-electron chi connectivity index (χ2n) is 3.98. The second kappa shape index (κ2) is 4.35. The van der Waals surface area contributed by atoms with Crippen molar-refractivity contribution in [2.24, 2.45) is 0 Å². The Hall–Kier alpha value is -1.58. The molecular formula is C11H13N3O2S. The van der Waals surface area contributed by atoms with Gasteiger partial charge in [-0.3, -0.25) is 0 Å². The maximum Gasteiger partial charge on any atom is 0.227 e. The molecule has 0 aliphatic carbocycles. The van der Waals surface area contributed by atoms with Crippen LogP contribution < -0.4 is 5.73 Å². The molecule has 1 aromatic carbocycles. The first-order chi connectivity index (χ1) is 8.04. The number of hydrogen-bond donors (Lipinski definition) is 1. The first-order valence-electron chi connectivity index (χ1n) is 5.25. The number of nitrogen functional groups attached to an aromatic ring is 1. The van der Waals surface area contributed by atoms with E-state index in [1.54, 1.807) is 6.07 Å². The third kappa shape index (κ3) is 2.25. The van der Waals surface area contributed by atoms with E-state index in [4.69, 9.17) is 11.0 Å². The van der Waals surface area contributed by atoms with Crippen molar-refractivity contribution in [2.75, 3.05) is 18.0 Å². The van der Waals surface area contributed by atoms with Crippen molar-refractivity contribution in [1.82, 2.24) is 4.31 Å². The minimum atomic E-state index is -3.46. The number of sulfonamides is 1. The van der Waals surface area contributed by atoms with Gasteiger partial charge < -0.3 is 5.73 Å². The summed E-state index contributed by atoms with van der Waals surface area (Å²) in [4.78, 5) is 0. The Balaban J connectivity index is 2.29. The van der Waals surface area contributed by atoms with Gasteiger partial charge in [0.15, 0.2) is 5.75 Å². The Kier molecular flexibility index (Phi) is 3.05. The van der Waals surface area contributed by atoms with E-state index in [1.165, 1.54) is 4.31 Å². The molecule has 2 N–H and O–H groups in total. The van der Waals surface area contributed by atoms with E-state index < -0.39 is 15.8 Å². The highest BCUT2D eigenvalue weighted by atomic mass is 32.2. The molecule has 2 rings (SSSR count). The Labute approximate surface area is 101 Å². The number of hydrogen-bond acceptors (Lipinski definition) is 4. The lowest BCUT2D eigenvalue weighted by atomic mass is 9.99. The Morgan fingerprint density at radius 2 is 2.24 bits per heavy atom. The molecule has 17 heavy (non-hydrogen) atoms. The highest BCUT2D eigenvalue weighted by Crippen LogP contribution is 2.25. The van der Waals surface area contributed by atoms with Crippen molar-refractivity contribution in [3.8, 4) is 6.07 Å². The van der Waals surface area contributed by atoms with E-state index in [-0.39, 0.29) is 0 Å². The molecule has 0 unspecified atom stereocenters. The standard InChI is InChI=1S/C11H13N3O2S/c12-5-7-17(15,16)14-6-4-10-9(8-14)2-1-3-11(10)13/h1-3H,4,6-8,13H2. The smallest absolute Gasteiger partial charge is 0.227 e. The second-order valence-corrected chi connectivity index (χ2v) is 5.95. The molecule has 6 heteroatoms. The van der Waals surface area contributed by atoms with Gasteiger partial charge in [0.2, 0.25) is 10.0 Å². The topological polar surface area (TPSA) is 87.2 Å². The van der Waals surface area contributed by atoms with Crippen LogP contribution in [0.15, 0.2) is 18.2 Å². The third-order valence-corrected chi connectivity index (χ3v) is 4.50. The van der Waals surface area contributed by atoms with Crippen molar-refractivity contribution in [3.63, 3.8) is 0 Å². The fourth-order valence-corrected chi connectivity index (χ4v) is 3.07. The highest BCUT2D eigenvalue weighted by Gasteiger charge is 2.26. The zero-order valence-corrected chi connectivity index (χ0v) is 10.1. The van der Waals surface area contributed by atoms with Crippen molar-refractivity contribution in [2.45, 2.75) is 13.0 Å². The molecule has 0 atom stereocenters. The van der Waals surface area contributed by atoms with Crippen LogP contribution in [0.2, 0.25) is 0 Å². The van der Waals surface area contributed by atoms with Crippen LogP contribution in [0.3, 0.4) is 0 Å². The van der Waals surface area contributed by atoms with Crippen molar-refractivity contribution >= 4 is 15.7 Å². The molecule has 1 aliphatic heterocycles. The number of rotatable bonds is 2. The summed E-state index contributed by atoms with van der Waals surface area (Å²) in [5.41, 5.74) is 8.49. The van der Waals surface area contributed by atoms with Crippen LogP contribution in [0, 0.1) is 11.3 Å². The minimum absolute atomic E-state index is 0.310. The van der Waals surface area contributed by atoms with E-state index in [2.05, 4.69) is 0 Å². The lowest BCUT2D eigenvalue weighted by Crippen LogP contribution is -2.37. The Morgan fingerprint density at radius 1 is 1.47 bits per heavy atom. The third-order valence-electron chi connectivity index (χ3n) is 2.91. The van der Waals surface area contributed by atoms with E-state index in [1.807, 2.05) is 18.2 Å². The van der Waals surface area contributed by atoms with Gasteiger partial charge in [0.25, 0.3) is 0 Å². The normalized spacial score (nSPS) is 16.2. The van der Waals surface area contributed by atoms with E-state index in [0.717, 1.165) is 11.1 Å². The van der Waals surface area contributed by atoms with Crippen molar-refractivity contribution < 1.29 is 8.42 Å². The predicted molar refractivity (Wildman–Crippen MR) is 64.4 cm³/mol. The maximum absolute atomic E-state index is 11.8. The molecule has 0 radical (unpaired) electrons. The molecule has 0 aromatic heterocycles. The summed E-state index contributed by atoms with van der Waals surface area (Å²) in [5, 5.41) is 8.50. The van der Waals surface area contributed by atoms with Crippen molar-refractivity contribution in [3.05, 3.63) is 29.3 Å². The molecule has 5 nitrogen and oxygen atoms in total. The monoisotopic (exact) mass is 251 g/mol. The molecule has 1 aromatic rings. The number of anilines is 1. The summed E-state index contributed by atoms with van der Waals surface area (Å²) in [5.74, 6) is -0.468. The average Bonchev–Trinajstić information content (AvgIpc) is 2.29. The lowest BCUT2D eigenvalue weighted by molar-refractivity contribution is 0.394. The maximum atomic E-state index is 11.8. The largest absolute Gasteiger partial charge is 0.398 e. The fourth-order valence-electron chi connectivity index (χ4n) is 2.02. The molecular weight excluding hydrogens is 238 g/mol. The predicted octanol–water partition coefficient (Wildman–Crippen LogP) is 0.480. The molecule has 0 saturated carbocycles. The zero-order chi connectivity index (χ0) is 12.5. The van der Waals surface area contributed by atoms with Crippen LogP contribution in [-0.2, 0) is 23.0 Å². The van der Waals surface area contributed by atoms with Crippen LogP contribution in [0.1, 0.15) is 11.1 Å². The number of fused-ring (bicyclic) bond motifs is 1. The number of nitrogens with zero attached hydrogens (tertiary/aromatic N) is 2. The number of benzene rings is 1. The minimum Gasteiger partial charge on any atom is -0.398 e. The fraction of sp³-hybridized carbons (Fsp3) is 0.364. The quantitative estimate of drug-likeness (QED) is 0.774. The summed E-state index contributed by atoms with van der Waals surface area (Å²) in [6.45, 7) is 0.704. The SMILES string of the molecule is N#CCS(=O)(=O)N1CCc2c(N)cccc2C1. The van der Waals surface area contributed by atoms with Gasteiger partial charge in [-0.15, -0.1) is 0 Å². The van der Waals surface area contributed by atoms with Crippen LogP contribution in [0.25, 0.3) is 0 Å². The van der Waals surface area contributed by atoms with Gasteiger partial charge in [0.1, 0.15) is 0 Å². The Bertz CT molecular complexity index is 575. The molecule has 1 aliphatic rings. The lowest BCUT2D eigenvalue weighted by Gasteiger charge is -2.28. The molecule has 0 spiro atoms. The molecule has 0 fully saturated rings. The summed E-state index contributed by atoms with van der Waals surface area (Å²) in [6.07, 6.45) is 0.604. The summed E-state index contributed by atoms with van der Waals surface area (Å²) < 4.78 is 24.9. The molecule has 0 amide bonds. The van der Waals surface area contributed by atoms with E-state index >= 15 is 0 Å². The van der Waals surface area contributed by atoms with Crippen LogP contribution in [0.5, 0.6) is 0 Å². The molecule has 0 saturated heterocycles. The van der Waals surface area contributed by atoms with E-state index in [0.29, 0.717) is 25.2 Å². The van der Waals surface area contributed by atoms with Crippen molar-refractivity contribution in [1.29, 1.82) is 5.26 Å². The summed E-state index contributed by atoms with van der Waals surface area (Å²) in [7, 11) is -3.46.